The Balaban J connectivity index is 0.750. The van der Waals surface area contributed by atoms with E-state index in [2.05, 4.69) is 140 Å². The molecular weight excluding hydrogens is 1260 g/mol. The molecule has 0 fully saturated rings. The van der Waals surface area contributed by atoms with Gasteiger partial charge >= 0.3 is 0 Å². The lowest BCUT2D eigenvalue weighted by molar-refractivity contribution is 0.111. The number of carbonyl (C=O) groups excluding carboxylic acids is 1. The number of aldehydes is 1. The number of aliphatic hydroxyl groups excluding tert-OH is 1. The van der Waals surface area contributed by atoms with Gasteiger partial charge < -0.3 is 14.2 Å². The maximum atomic E-state index is 13.1. The Morgan fingerprint density at radius 2 is 0.806 bits per heavy atom. The summed E-state index contributed by atoms with van der Waals surface area (Å²) >= 11 is 14.2. The number of carbonyl (C=O) groups is 1. The number of benzene rings is 10. The highest BCUT2D eigenvalue weighted by atomic mass is 35.5. The molecule has 14 nitrogen and oxygen atoms in total. The molecule has 0 aliphatic carbocycles. The maximum Gasteiger partial charge on any atom is 0.205 e. The van der Waals surface area contributed by atoms with Crippen molar-refractivity contribution in [3.05, 3.63) is 357 Å². The van der Waals surface area contributed by atoms with Gasteiger partial charge in [0.1, 0.15) is 23.4 Å². The summed E-state index contributed by atoms with van der Waals surface area (Å²) < 4.78 is 3.89. The highest BCUT2D eigenvalue weighted by Crippen LogP contribution is 2.45. The zero-order valence-electron chi connectivity index (χ0n) is 54.2. The van der Waals surface area contributed by atoms with Crippen molar-refractivity contribution >= 4 is 29.5 Å². The molecule has 10 aromatic carbocycles. The Hall–Kier alpha value is -11.0. The number of aromatic nitrogens is 12. The standard InChI is InChI=1S/C82H70Cl2N12O2/c1-3-5-45-73-85-77(84)74(94(73)55-58-48-52-60(53-49-58)68-42-25-27-44-70(68)79-88-92-96(90-79)82(64-35-18-9-19-36-64,65-37-20-10-21-38-65)66-39-22-11-23-40-66)75(98)71(28-4-2)80-86-76(83)72(56-97)93(80)54-57-46-50-59(51-47-57)67-41-24-26-43-69(67)78-87-91-95(89-78)81(61-29-12-6-13-30-61,62-31-14-7-15-32-62)63-33-16-8-17-34-63/h6-27,29-44,46-53,56,71,75,98H,3-5,28,45,54-55H2,1-2H3. The molecule has 0 aliphatic heterocycles. The van der Waals surface area contributed by atoms with E-state index in [1.54, 1.807) is 9.59 Å². The van der Waals surface area contributed by atoms with Crippen LogP contribution < -0.4 is 0 Å². The Labute approximate surface area is 579 Å². The second kappa shape index (κ2) is 28.7. The van der Waals surface area contributed by atoms with Crippen molar-refractivity contribution < 1.29 is 9.90 Å². The van der Waals surface area contributed by atoms with Crippen molar-refractivity contribution in [3.63, 3.8) is 0 Å². The minimum Gasteiger partial charge on any atom is -0.386 e. The summed E-state index contributed by atoms with van der Waals surface area (Å²) in [6.45, 7) is 4.81. The number of halogens is 2. The average Bonchev–Trinajstić information content (AvgIpc) is 1.28. The molecule has 14 rings (SSSR count). The minimum absolute atomic E-state index is 0.0511. The minimum atomic E-state index is -1.19. The largest absolute Gasteiger partial charge is 0.386 e. The summed E-state index contributed by atoms with van der Waals surface area (Å²) in [5.74, 6) is 1.54. The number of nitrogens with zero attached hydrogens (tertiary/aromatic N) is 12. The van der Waals surface area contributed by atoms with Crippen LogP contribution in [0.3, 0.4) is 0 Å². The molecule has 16 heteroatoms. The van der Waals surface area contributed by atoms with Crippen LogP contribution >= 0.6 is 23.2 Å². The third-order valence-electron chi connectivity index (χ3n) is 18.6. The van der Waals surface area contributed by atoms with Crippen molar-refractivity contribution in [2.24, 2.45) is 0 Å². The van der Waals surface area contributed by atoms with E-state index in [0.29, 0.717) is 49.0 Å². The lowest BCUT2D eigenvalue weighted by Crippen LogP contribution is -2.39. The summed E-state index contributed by atoms with van der Waals surface area (Å²) in [4.78, 5) is 26.4. The number of imidazole rings is 2. The van der Waals surface area contributed by atoms with Crippen LogP contribution in [0.15, 0.2) is 279 Å². The van der Waals surface area contributed by atoms with Crippen LogP contribution in [-0.4, -0.2) is 70.9 Å². The highest BCUT2D eigenvalue weighted by molar-refractivity contribution is 6.31. The normalized spacial score (nSPS) is 12.4. The molecule has 2 unspecified atom stereocenters. The quantitative estimate of drug-likeness (QED) is 0.0431. The van der Waals surface area contributed by atoms with Crippen LogP contribution in [0.4, 0.5) is 0 Å². The van der Waals surface area contributed by atoms with E-state index in [1.807, 2.05) is 162 Å². The van der Waals surface area contributed by atoms with Gasteiger partial charge in [0.15, 0.2) is 27.7 Å². The molecule has 0 amide bonds. The van der Waals surface area contributed by atoms with Gasteiger partial charge in [0.25, 0.3) is 0 Å². The van der Waals surface area contributed by atoms with E-state index in [0.717, 1.165) is 103 Å². The molecule has 2 atom stereocenters. The van der Waals surface area contributed by atoms with E-state index in [9.17, 15) is 9.90 Å². The van der Waals surface area contributed by atoms with Gasteiger partial charge in [0.2, 0.25) is 11.6 Å². The molecule has 4 heterocycles. The number of tetrazole rings is 2. The van der Waals surface area contributed by atoms with Gasteiger partial charge in [-0.3, -0.25) is 4.79 Å². The topological polar surface area (TPSA) is 160 Å². The first-order valence-electron chi connectivity index (χ1n) is 33.2. The number of hydrogen-bond donors (Lipinski definition) is 1. The van der Waals surface area contributed by atoms with Gasteiger partial charge in [0.05, 0.1) is 5.69 Å². The first kappa shape index (κ1) is 64.3. The van der Waals surface area contributed by atoms with Crippen LogP contribution in [0.5, 0.6) is 0 Å². The van der Waals surface area contributed by atoms with Gasteiger partial charge in [-0.2, -0.15) is 0 Å². The Morgan fingerprint density at radius 1 is 0.439 bits per heavy atom. The van der Waals surface area contributed by atoms with Gasteiger partial charge in [0, 0.05) is 36.6 Å². The second-order valence-corrected chi connectivity index (χ2v) is 25.2. The molecule has 98 heavy (non-hydrogen) atoms. The van der Waals surface area contributed by atoms with E-state index in [1.165, 1.54) is 0 Å². The number of aliphatic hydroxyl groups is 1. The Bertz CT molecular complexity index is 4790. The molecule has 0 aliphatic rings. The first-order valence-corrected chi connectivity index (χ1v) is 33.9. The molecule has 0 saturated heterocycles. The van der Waals surface area contributed by atoms with Crippen molar-refractivity contribution in [2.45, 2.75) is 82.1 Å². The zero-order chi connectivity index (χ0) is 67.0. The molecule has 0 spiro atoms. The monoisotopic (exact) mass is 1320 g/mol. The fourth-order valence-electron chi connectivity index (χ4n) is 13.9. The van der Waals surface area contributed by atoms with Gasteiger partial charge in [-0.15, -0.1) is 30.0 Å². The second-order valence-electron chi connectivity index (χ2n) is 24.5. The van der Waals surface area contributed by atoms with E-state index in [-0.39, 0.29) is 22.5 Å². The zero-order valence-corrected chi connectivity index (χ0v) is 55.7. The van der Waals surface area contributed by atoms with Crippen LogP contribution in [0.1, 0.15) is 124 Å². The Kier molecular flexibility index (Phi) is 18.9. The van der Waals surface area contributed by atoms with E-state index in [4.69, 9.17) is 64.0 Å². The fraction of sp³-hybridized carbons (Fsp3) is 0.159. The molecule has 0 radical (unpaired) electrons. The van der Waals surface area contributed by atoms with Crippen molar-refractivity contribution in [1.82, 2.24) is 59.5 Å². The summed E-state index contributed by atoms with van der Waals surface area (Å²) in [5.41, 5.74) is 11.9. The summed E-state index contributed by atoms with van der Waals surface area (Å²) in [6, 6.07) is 94.5. The molecule has 14 aromatic rings. The molecular formula is C82H70Cl2N12O2. The van der Waals surface area contributed by atoms with Crippen LogP contribution in [-0.2, 0) is 30.6 Å². The van der Waals surface area contributed by atoms with Crippen LogP contribution in [0.25, 0.3) is 45.0 Å². The van der Waals surface area contributed by atoms with E-state index >= 15 is 0 Å². The predicted molar refractivity (Wildman–Crippen MR) is 386 cm³/mol. The lowest BCUT2D eigenvalue weighted by Gasteiger charge is -2.34. The summed E-state index contributed by atoms with van der Waals surface area (Å²) in [5, 5.41) is 43.1. The molecule has 0 bridgehead atoms. The van der Waals surface area contributed by atoms with Crippen LogP contribution in [0.2, 0.25) is 10.3 Å². The average molecular weight is 1330 g/mol. The molecule has 4 aromatic heterocycles. The number of hydrogen-bond acceptors (Lipinski definition) is 10. The maximum absolute atomic E-state index is 13.1. The first-order chi connectivity index (χ1) is 48.2. The van der Waals surface area contributed by atoms with Crippen LogP contribution in [0, 0.1) is 0 Å². The van der Waals surface area contributed by atoms with Gasteiger partial charge in [-0.05, 0) is 90.0 Å². The van der Waals surface area contributed by atoms with Gasteiger partial charge in [-0.25, -0.2) is 9.97 Å². The Morgan fingerprint density at radius 3 is 1.17 bits per heavy atom. The molecule has 0 saturated carbocycles. The number of rotatable bonds is 25. The smallest absolute Gasteiger partial charge is 0.205 e. The third kappa shape index (κ3) is 12.2. The van der Waals surface area contributed by atoms with Crippen molar-refractivity contribution in [2.75, 3.05) is 0 Å². The lowest BCUT2D eigenvalue weighted by atomic mass is 9.77. The SMILES string of the molecule is CCCCc1nc(Cl)c(C(O)C(CCC)c2nc(Cl)c(C=O)n2Cc2ccc(-c3ccccc3-c3nnn(C(c4ccccc4)(c4ccccc4)c4ccccc4)n3)cc2)n1Cc1ccc(-c2ccccc2-c2nnn(C(c3ccccc3)(c3ccccc3)c3ccccc3)n2)cc1. The predicted octanol–water partition coefficient (Wildman–Crippen LogP) is 17.6. The molecule has 1 N–H and O–H groups in total. The van der Waals surface area contributed by atoms with Crippen molar-refractivity contribution in [1.29, 1.82) is 0 Å². The number of aryl methyl sites for hydroxylation is 1. The summed E-state index contributed by atoms with van der Waals surface area (Å²) in [7, 11) is 0. The fourth-order valence-corrected chi connectivity index (χ4v) is 14.5. The number of unbranched alkanes of at least 4 members (excludes halogenated alkanes) is 1. The van der Waals surface area contributed by atoms with Crippen molar-refractivity contribution in [3.8, 4) is 45.0 Å². The van der Waals surface area contributed by atoms with E-state index < -0.39 is 23.1 Å². The molecule has 484 valence electrons. The summed E-state index contributed by atoms with van der Waals surface area (Å²) in [6.07, 6.45) is 3.16. The van der Waals surface area contributed by atoms with Gasteiger partial charge in [-0.1, -0.05) is 329 Å². The third-order valence-corrected chi connectivity index (χ3v) is 19.2. The highest BCUT2D eigenvalue weighted by Gasteiger charge is 2.43.